The van der Waals surface area contributed by atoms with Gasteiger partial charge in [-0.2, -0.15) is 5.10 Å². The third kappa shape index (κ3) is 5.36. The Kier molecular flexibility index (Phi) is 6.34. The molecule has 0 aliphatic carbocycles. The highest BCUT2D eigenvalue weighted by Gasteiger charge is 2.12. The largest absolute Gasteiger partial charge is 0.389 e. The van der Waals surface area contributed by atoms with Crippen LogP contribution in [0.15, 0.2) is 36.4 Å². The number of aryl methyl sites for hydroxylation is 2. The van der Waals surface area contributed by atoms with Crippen molar-refractivity contribution >= 4 is 11.8 Å². The summed E-state index contributed by atoms with van der Waals surface area (Å²) < 4.78 is 7.21. The zero-order chi connectivity index (χ0) is 17.5. The lowest BCUT2D eigenvalue weighted by atomic mass is 10.1. The number of hydrogen-bond acceptors (Lipinski definition) is 4. The van der Waals surface area contributed by atoms with Crippen molar-refractivity contribution in [2.24, 2.45) is 7.05 Å². The summed E-state index contributed by atoms with van der Waals surface area (Å²) >= 11 is 0. The lowest BCUT2D eigenvalue weighted by molar-refractivity contribution is -0.000954. The van der Waals surface area contributed by atoms with Crippen LogP contribution in [0.25, 0.3) is 0 Å². The summed E-state index contributed by atoms with van der Waals surface area (Å²) in [5.74, 6) is 0.591. The van der Waals surface area contributed by atoms with E-state index in [0.717, 1.165) is 11.3 Å². The second-order valence-electron chi connectivity index (χ2n) is 5.67. The molecule has 0 saturated heterocycles. The molecule has 1 heterocycles. The van der Waals surface area contributed by atoms with Crippen molar-refractivity contribution in [2.75, 3.05) is 18.5 Å². The Labute approximate surface area is 141 Å². The minimum Gasteiger partial charge on any atom is -0.389 e. The number of aromatic nitrogens is 2. The molecule has 130 valence electrons. The summed E-state index contributed by atoms with van der Waals surface area (Å²) in [5, 5.41) is 19.4. The SMILES string of the molecule is Cc1cc(NC(=O)NC[C@H](O)CO[C@@H](C)c2ccccc2)n(C)n1. The number of ether oxygens (including phenoxy) is 1. The fourth-order valence-electron chi connectivity index (χ4n) is 2.23. The molecule has 2 amide bonds. The number of nitrogens with zero attached hydrogens (tertiary/aromatic N) is 2. The van der Waals surface area contributed by atoms with Gasteiger partial charge in [0, 0.05) is 19.7 Å². The average Bonchev–Trinajstić information content (AvgIpc) is 2.88. The van der Waals surface area contributed by atoms with Gasteiger partial charge in [-0.05, 0) is 19.4 Å². The number of nitrogens with one attached hydrogen (secondary N) is 2. The van der Waals surface area contributed by atoms with Crippen molar-refractivity contribution in [1.82, 2.24) is 15.1 Å². The van der Waals surface area contributed by atoms with Gasteiger partial charge in [0.05, 0.1) is 24.5 Å². The molecule has 2 rings (SSSR count). The number of aliphatic hydroxyl groups excluding tert-OH is 1. The highest BCUT2D eigenvalue weighted by Crippen LogP contribution is 2.15. The molecule has 0 saturated carbocycles. The lowest BCUT2D eigenvalue weighted by Crippen LogP contribution is -2.37. The second-order valence-corrected chi connectivity index (χ2v) is 5.67. The van der Waals surface area contributed by atoms with Crippen molar-refractivity contribution in [3.05, 3.63) is 47.7 Å². The summed E-state index contributed by atoms with van der Waals surface area (Å²) in [4.78, 5) is 11.8. The Balaban J connectivity index is 1.70. The first-order chi connectivity index (χ1) is 11.5. The van der Waals surface area contributed by atoms with E-state index in [-0.39, 0.29) is 19.3 Å². The Morgan fingerprint density at radius 3 is 2.71 bits per heavy atom. The van der Waals surface area contributed by atoms with Gasteiger partial charge in [-0.15, -0.1) is 0 Å². The fraction of sp³-hybridized carbons (Fsp3) is 0.412. The standard InChI is InChI=1S/C17H24N4O3/c1-12-9-16(21(3)20-12)19-17(23)18-10-15(22)11-24-13(2)14-7-5-4-6-8-14/h4-9,13,15,22H,10-11H2,1-3H3,(H2,18,19,23)/t13-,15-/m0/s1. The summed E-state index contributed by atoms with van der Waals surface area (Å²) in [6, 6.07) is 11.1. The topological polar surface area (TPSA) is 88.4 Å². The van der Waals surface area contributed by atoms with Crippen LogP contribution in [0, 0.1) is 6.92 Å². The van der Waals surface area contributed by atoms with Gasteiger partial charge in [0.15, 0.2) is 0 Å². The first-order valence-corrected chi connectivity index (χ1v) is 7.86. The van der Waals surface area contributed by atoms with E-state index in [4.69, 9.17) is 4.74 Å². The van der Waals surface area contributed by atoms with E-state index in [1.807, 2.05) is 44.2 Å². The van der Waals surface area contributed by atoms with E-state index in [9.17, 15) is 9.90 Å². The zero-order valence-corrected chi connectivity index (χ0v) is 14.2. The molecule has 0 aliphatic rings. The van der Waals surface area contributed by atoms with Gasteiger partial charge < -0.3 is 15.2 Å². The third-order valence-electron chi connectivity index (χ3n) is 3.55. The molecule has 3 N–H and O–H groups in total. The van der Waals surface area contributed by atoms with Crippen LogP contribution in [-0.2, 0) is 11.8 Å². The summed E-state index contributed by atoms with van der Waals surface area (Å²) in [7, 11) is 1.75. The maximum Gasteiger partial charge on any atom is 0.320 e. The van der Waals surface area contributed by atoms with Crippen LogP contribution in [0.2, 0.25) is 0 Å². The van der Waals surface area contributed by atoms with Crippen LogP contribution in [0.3, 0.4) is 0 Å². The normalized spacial score (nSPS) is 13.3. The van der Waals surface area contributed by atoms with Gasteiger partial charge in [-0.25, -0.2) is 4.79 Å². The monoisotopic (exact) mass is 332 g/mol. The van der Waals surface area contributed by atoms with Gasteiger partial charge in [0.2, 0.25) is 0 Å². The van der Waals surface area contributed by atoms with Crippen molar-refractivity contribution < 1.29 is 14.6 Å². The minimum absolute atomic E-state index is 0.101. The van der Waals surface area contributed by atoms with Gasteiger partial charge in [-0.3, -0.25) is 10.00 Å². The number of rotatable bonds is 7. The number of carbonyl (C=O) groups is 1. The molecule has 0 bridgehead atoms. The molecule has 0 aliphatic heterocycles. The summed E-state index contributed by atoms with van der Waals surface area (Å²) in [5.41, 5.74) is 1.86. The summed E-state index contributed by atoms with van der Waals surface area (Å²) in [6.45, 7) is 4.01. The number of anilines is 1. The number of hydrogen-bond donors (Lipinski definition) is 3. The molecule has 24 heavy (non-hydrogen) atoms. The number of aliphatic hydroxyl groups is 1. The Morgan fingerprint density at radius 1 is 1.38 bits per heavy atom. The zero-order valence-electron chi connectivity index (χ0n) is 14.2. The molecular formula is C17H24N4O3. The van der Waals surface area contributed by atoms with Crippen LogP contribution in [0.1, 0.15) is 24.3 Å². The van der Waals surface area contributed by atoms with Gasteiger partial charge >= 0.3 is 6.03 Å². The highest BCUT2D eigenvalue weighted by molar-refractivity contribution is 5.88. The predicted octanol–water partition coefficient (Wildman–Crippen LogP) is 1.99. The van der Waals surface area contributed by atoms with Crippen molar-refractivity contribution in [3.63, 3.8) is 0 Å². The molecule has 0 radical (unpaired) electrons. The maximum absolute atomic E-state index is 11.8. The smallest absolute Gasteiger partial charge is 0.320 e. The van der Waals surface area contributed by atoms with Crippen LogP contribution in [0.4, 0.5) is 10.6 Å². The number of carbonyl (C=O) groups excluding carboxylic acids is 1. The number of urea groups is 1. The molecular weight excluding hydrogens is 308 g/mol. The summed E-state index contributed by atoms with van der Waals surface area (Å²) in [6.07, 6.45) is -0.901. The second kappa shape index (κ2) is 8.47. The number of benzene rings is 1. The molecule has 7 heteroatoms. The first kappa shape index (κ1) is 18.0. The predicted molar refractivity (Wildman–Crippen MR) is 91.8 cm³/mol. The molecule has 0 fully saturated rings. The van der Waals surface area contributed by atoms with E-state index < -0.39 is 12.1 Å². The van der Waals surface area contributed by atoms with Crippen molar-refractivity contribution in [2.45, 2.75) is 26.1 Å². The molecule has 0 unspecified atom stereocenters. The molecule has 2 aromatic rings. The van der Waals surface area contributed by atoms with E-state index in [1.54, 1.807) is 17.8 Å². The van der Waals surface area contributed by atoms with Crippen molar-refractivity contribution in [3.8, 4) is 0 Å². The number of amides is 2. The van der Waals surface area contributed by atoms with E-state index in [0.29, 0.717) is 5.82 Å². The van der Waals surface area contributed by atoms with Crippen LogP contribution >= 0.6 is 0 Å². The first-order valence-electron chi connectivity index (χ1n) is 7.86. The molecule has 2 atom stereocenters. The van der Waals surface area contributed by atoms with Gasteiger partial charge in [0.25, 0.3) is 0 Å². The maximum atomic E-state index is 11.8. The van der Waals surface area contributed by atoms with Gasteiger partial charge in [-0.1, -0.05) is 30.3 Å². The molecule has 0 spiro atoms. The highest BCUT2D eigenvalue weighted by atomic mass is 16.5. The Hall–Kier alpha value is -2.38. The third-order valence-corrected chi connectivity index (χ3v) is 3.55. The van der Waals surface area contributed by atoms with Crippen LogP contribution in [-0.4, -0.2) is 40.2 Å². The quantitative estimate of drug-likeness (QED) is 0.723. The minimum atomic E-state index is -0.782. The van der Waals surface area contributed by atoms with Crippen molar-refractivity contribution in [1.29, 1.82) is 0 Å². The molecule has 7 nitrogen and oxygen atoms in total. The van der Waals surface area contributed by atoms with E-state index in [1.165, 1.54) is 0 Å². The molecule has 1 aromatic heterocycles. The Bertz CT molecular complexity index is 657. The van der Waals surface area contributed by atoms with E-state index >= 15 is 0 Å². The van der Waals surface area contributed by atoms with Crippen LogP contribution < -0.4 is 10.6 Å². The average molecular weight is 332 g/mol. The lowest BCUT2D eigenvalue weighted by Gasteiger charge is -2.17. The molecule has 1 aromatic carbocycles. The van der Waals surface area contributed by atoms with Crippen LogP contribution in [0.5, 0.6) is 0 Å². The van der Waals surface area contributed by atoms with Gasteiger partial charge in [0.1, 0.15) is 5.82 Å². The fourth-order valence-corrected chi connectivity index (χ4v) is 2.23. The van der Waals surface area contributed by atoms with E-state index in [2.05, 4.69) is 15.7 Å². The Morgan fingerprint density at radius 2 is 2.08 bits per heavy atom.